The average Bonchev–Trinajstić information content (AvgIpc) is 2.73. The summed E-state index contributed by atoms with van der Waals surface area (Å²) in [5, 5.41) is 4.38. The summed E-state index contributed by atoms with van der Waals surface area (Å²) in [6.07, 6.45) is 3.30. The third-order valence-corrected chi connectivity index (χ3v) is 5.67. The van der Waals surface area contributed by atoms with Crippen LogP contribution in [0.25, 0.3) is 0 Å². The fourth-order valence-corrected chi connectivity index (χ4v) is 3.71. The molecule has 2 heterocycles. The number of carbonyl (C=O) groups is 1. The second-order valence-electron chi connectivity index (χ2n) is 7.97. The van der Waals surface area contributed by atoms with Crippen molar-refractivity contribution < 1.29 is 13.9 Å². The highest BCUT2D eigenvalue weighted by atomic mass is 19.1. The molecule has 2 aromatic rings. The first-order valence-electron chi connectivity index (χ1n) is 10.2. The van der Waals surface area contributed by atoms with Crippen LogP contribution in [-0.4, -0.2) is 53.9 Å². The summed E-state index contributed by atoms with van der Waals surface area (Å²) in [4.78, 5) is 29.2. The second-order valence-corrected chi connectivity index (χ2v) is 7.97. The van der Waals surface area contributed by atoms with Gasteiger partial charge in [0.15, 0.2) is 0 Å². The minimum Gasteiger partial charge on any atom is -0.496 e. The Kier molecular flexibility index (Phi) is 6.74. The van der Waals surface area contributed by atoms with Crippen LogP contribution in [-0.2, 0) is 11.2 Å². The summed E-state index contributed by atoms with van der Waals surface area (Å²) in [5.41, 5.74) is 1.11. The molecule has 8 heteroatoms. The van der Waals surface area contributed by atoms with Crippen LogP contribution in [0.1, 0.15) is 38.3 Å². The fraction of sp³-hybridized carbons (Fsp3) is 0.500. The maximum absolute atomic E-state index is 13.6. The van der Waals surface area contributed by atoms with Crippen LogP contribution >= 0.6 is 0 Å². The highest BCUT2D eigenvalue weighted by Gasteiger charge is 2.27. The summed E-state index contributed by atoms with van der Waals surface area (Å²) in [6, 6.07) is 5.82. The van der Waals surface area contributed by atoms with Crippen LogP contribution in [0.4, 0.5) is 10.1 Å². The lowest BCUT2D eigenvalue weighted by molar-refractivity contribution is -0.132. The zero-order valence-corrected chi connectivity index (χ0v) is 18.0. The Morgan fingerprint density at radius 1 is 1.37 bits per heavy atom. The van der Waals surface area contributed by atoms with Crippen LogP contribution < -0.4 is 15.2 Å². The molecule has 1 saturated heterocycles. The molecule has 162 valence electrons. The maximum Gasteiger partial charge on any atom is 0.269 e. The molecule has 30 heavy (non-hydrogen) atoms. The summed E-state index contributed by atoms with van der Waals surface area (Å²) in [5.74, 6) is -0.0359. The quantitative estimate of drug-likeness (QED) is 0.724. The number of methoxy groups -OCH3 is 1. The molecule has 0 saturated carbocycles. The number of aromatic nitrogens is 2. The summed E-state index contributed by atoms with van der Waals surface area (Å²) < 4.78 is 20.3. The van der Waals surface area contributed by atoms with Crippen molar-refractivity contribution in [1.29, 1.82) is 0 Å². The van der Waals surface area contributed by atoms with Crippen molar-refractivity contribution in [2.45, 2.75) is 45.2 Å². The summed E-state index contributed by atoms with van der Waals surface area (Å²) in [7, 11) is 3.42. The van der Waals surface area contributed by atoms with Gasteiger partial charge in [-0.05, 0) is 44.9 Å². The van der Waals surface area contributed by atoms with Gasteiger partial charge < -0.3 is 14.5 Å². The van der Waals surface area contributed by atoms with Crippen LogP contribution in [0.15, 0.2) is 35.3 Å². The Bertz CT molecular complexity index is 960. The third kappa shape index (κ3) is 4.80. The van der Waals surface area contributed by atoms with E-state index in [1.54, 1.807) is 17.2 Å². The van der Waals surface area contributed by atoms with Gasteiger partial charge in [-0.2, -0.15) is 5.10 Å². The fourth-order valence-electron chi connectivity index (χ4n) is 3.71. The van der Waals surface area contributed by atoms with E-state index in [0.29, 0.717) is 24.4 Å². The number of nitrogens with zero attached hydrogens (tertiary/aromatic N) is 4. The molecule has 1 aromatic heterocycles. The number of hydrogen-bond donors (Lipinski definition) is 0. The summed E-state index contributed by atoms with van der Waals surface area (Å²) in [6.45, 7) is 5.10. The zero-order valence-electron chi connectivity index (χ0n) is 18.0. The van der Waals surface area contributed by atoms with Crippen molar-refractivity contribution in [3.8, 4) is 5.75 Å². The smallest absolute Gasteiger partial charge is 0.269 e. The number of anilines is 1. The van der Waals surface area contributed by atoms with Crippen LogP contribution in [0.3, 0.4) is 0 Å². The Morgan fingerprint density at radius 2 is 2.13 bits per heavy atom. The highest BCUT2D eigenvalue weighted by Crippen LogP contribution is 2.24. The van der Waals surface area contributed by atoms with E-state index in [9.17, 15) is 14.0 Å². The molecule has 0 radical (unpaired) electrons. The van der Waals surface area contributed by atoms with E-state index in [4.69, 9.17) is 4.74 Å². The SMILES string of the molecule is COc1ccc(F)cc1CC(=O)N1CCC[C@H](n2ncc(N(C)C(C)C)cc2=O)C1. The van der Waals surface area contributed by atoms with Gasteiger partial charge in [-0.3, -0.25) is 9.59 Å². The number of amides is 1. The first-order chi connectivity index (χ1) is 14.3. The van der Waals surface area contributed by atoms with Gasteiger partial charge in [0.1, 0.15) is 11.6 Å². The molecule has 0 N–H and O–H groups in total. The molecule has 1 aliphatic heterocycles. The Hall–Kier alpha value is -2.90. The van der Waals surface area contributed by atoms with Crippen LogP contribution in [0.5, 0.6) is 5.75 Å². The molecule has 0 bridgehead atoms. The van der Waals surface area contributed by atoms with Gasteiger partial charge in [0.05, 0.1) is 31.5 Å². The Balaban J connectivity index is 1.73. The second kappa shape index (κ2) is 9.28. The van der Waals surface area contributed by atoms with E-state index < -0.39 is 5.82 Å². The number of piperidine rings is 1. The van der Waals surface area contributed by atoms with Gasteiger partial charge in [0.25, 0.3) is 5.56 Å². The Labute approximate surface area is 176 Å². The van der Waals surface area contributed by atoms with Gasteiger partial charge in [0.2, 0.25) is 5.91 Å². The molecular weight excluding hydrogens is 387 g/mol. The van der Waals surface area contributed by atoms with Crippen molar-refractivity contribution in [2.75, 3.05) is 32.1 Å². The lowest BCUT2D eigenvalue weighted by Gasteiger charge is -2.33. The van der Waals surface area contributed by atoms with E-state index in [1.165, 1.54) is 30.0 Å². The monoisotopic (exact) mass is 416 g/mol. The molecule has 1 aromatic carbocycles. The number of halogens is 1. The molecule has 3 rings (SSSR count). The van der Waals surface area contributed by atoms with E-state index in [1.807, 2.05) is 25.8 Å². The molecule has 1 atom stereocenters. The lowest BCUT2D eigenvalue weighted by atomic mass is 10.0. The lowest BCUT2D eigenvalue weighted by Crippen LogP contribution is -2.44. The largest absolute Gasteiger partial charge is 0.496 e. The molecule has 1 fully saturated rings. The summed E-state index contributed by atoms with van der Waals surface area (Å²) >= 11 is 0. The Morgan fingerprint density at radius 3 is 2.80 bits per heavy atom. The number of hydrogen-bond acceptors (Lipinski definition) is 5. The molecule has 0 aliphatic carbocycles. The predicted octanol–water partition coefficient (Wildman–Crippen LogP) is 2.64. The van der Waals surface area contributed by atoms with Crippen LogP contribution in [0, 0.1) is 5.82 Å². The standard InChI is InChI=1S/C22H29FN4O3/c1-15(2)25(3)19-12-22(29)27(24-13-19)18-6-5-9-26(14-18)21(28)11-16-10-17(23)7-8-20(16)30-4/h7-8,10,12-13,15,18H,5-6,9,11,14H2,1-4H3/t18-/m0/s1. The molecule has 1 aliphatic rings. The minimum absolute atomic E-state index is 0.0497. The van der Waals surface area contributed by atoms with Gasteiger partial charge in [-0.15, -0.1) is 0 Å². The topological polar surface area (TPSA) is 67.7 Å². The molecule has 1 amide bonds. The van der Waals surface area contributed by atoms with Crippen molar-refractivity contribution in [2.24, 2.45) is 0 Å². The first-order valence-corrected chi connectivity index (χ1v) is 10.2. The zero-order chi connectivity index (χ0) is 21.8. The first kappa shape index (κ1) is 21.8. The molecule has 7 nitrogen and oxygen atoms in total. The number of rotatable bonds is 6. The van der Waals surface area contributed by atoms with E-state index in [2.05, 4.69) is 5.10 Å². The van der Waals surface area contributed by atoms with Crippen molar-refractivity contribution in [3.63, 3.8) is 0 Å². The normalized spacial score (nSPS) is 16.6. The van der Waals surface area contributed by atoms with Crippen LogP contribution in [0.2, 0.25) is 0 Å². The predicted molar refractivity (Wildman–Crippen MR) is 114 cm³/mol. The van der Waals surface area contributed by atoms with Crippen molar-refractivity contribution in [1.82, 2.24) is 14.7 Å². The molecule has 0 spiro atoms. The minimum atomic E-state index is -0.405. The highest BCUT2D eigenvalue weighted by molar-refractivity contribution is 5.79. The maximum atomic E-state index is 13.6. The van der Waals surface area contributed by atoms with E-state index in [0.717, 1.165) is 18.5 Å². The number of carbonyl (C=O) groups excluding carboxylic acids is 1. The number of ether oxygens (including phenoxy) is 1. The molecule has 0 unspecified atom stereocenters. The van der Waals surface area contributed by atoms with Gasteiger partial charge in [0, 0.05) is 37.8 Å². The average molecular weight is 416 g/mol. The van der Waals surface area contributed by atoms with Gasteiger partial charge in [-0.1, -0.05) is 0 Å². The van der Waals surface area contributed by atoms with Crippen molar-refractivity contribution in [3.05, 3.63) is 52.2 Å². The van der Waals surface area contributed by atoms with Crippen molar-refractivity contribution >= 4 is 11.6 Å². The van der Waals surface area contributed by atoms with Gasteiger partial charge >= 0.3 is 0 Å². The van der Waals surface area contributed by atoms with E-state index >= 15 is 0 Å². The number of likely N-dealkylation sites (tertiary alicyclic amines) is 1. The number of benzene rings is 1. The molecular formula is C22H29FN4O3. The van der Waals surface area contributed by atoms with Gasteiger partial charge in [-0.25, -0.2) is 9.07 Å². The van der Waals surface area contributed by atoms with E-state index in [-0.39, 0.29) is 30.0 Å². The third-order valence-electron chi connectivity index (χ3n) is 5.67.